The van der Waals surface area contributed by atoms with E-state index in [9.17, 15) is 4.79 Å². The molecule has 0 atom stereocenters. The summed E-state index contributed by atoms with van der Waals surface area (Å²) >= 11 is 0. The zero-order valence-electron chi connectivity index (χ0n) is 12.8. The summed E-state index contributed by atoms with van der Waals surface area (Å²) in [5, 5.41) is 0. The summed E-state index contributed by atoms with van der Waals surface area (Å²) in [5.74, 6) is 0.188. The van der Waals surface area contributed by atoms with Crippen LogP contribution in [0.1, 0.15) is 52.1 Å². The molecule has 0 aliphatic heterocycles. The smallest absolute Gasteiger partial charge is 0.170 e. The van der Waals surface area contributed by atoms with Gasteiger partial charge in [0.25, 0.3) is 0 Å². The Kier molecular flexibility index (Phi) is 4.59. The highest BCUT2D eigenvalue weighted by atomic mass is 16.5. The van der Waals surface area contributed by atoms with E-state index in [2.05, 4.69) is 18.8 Å². The topological polar surface area (TPSA) is 39.2 Å². The molecule has 0 N–H and O–H groups in total. The quantitative estimate of drug-likeness (QED) is 0.824. The van der Waals surface area contributed by atoms with E-state index in [1.165, 1.54) is 0 Å². The van der Waals surface area contributed by atoms with Crippen LogP contribution in [0.4, 0.5) is 0 Å². The van der Waals surface area contributed by atoms with Crippen LogP contribution in [-0.2, 0) is 16.0 Å². The minimum atomic E-state index is -0.582. The number of ketones is 1. The standard InChI is InChI=1S/C17H25NO2/c1-4-20-17(10-8-16(2,3)9-11-17)15(19)13-14-7-5-6-12-18-14/h5-7,12H,4,8-11,13H2,1-3H3. The van der Waals surface area contributed by atoms with Gasteiger partial charge >= 0.3 is 0 Å². The maximum absolute atomic E-state index is 12.7. The van der Waals surface area contributed by atoms with Gasteiger partial charge in [-0.25, -0.2) is 0 Å². The molecule has 3 heteroatoms. The van der Waals surface area contributed by atoms with E-state index < -0.39 is 5.60 Å². The van der Waals surface area contributed by atoms with Gasteiger partial charge < -0.3 is 4.74 Å². The van der Waals surface area contributed by atoms with Gasteiger partial charge in [-0.3, -0.25) is 9.78 Å². The van der Waals surface area contributed by atoms with Crippen molar-refractivity contribution in [2.24, 2.45) is 5.41 Å². The molecule has 0 aromatic carbocycles. The van der Waals surface area contributed by atoms with Gasteiger partial charge in [0, 0.05) is 18.5 Å². The van der Waals surface area contributed by atoms with Crippen LogP contribution in [-0.4, -0.2) is 23.0 Å². The lowest BCUT2D eigenvalue weighted by Crippen LogP contribution is -2.47. The van der Waals surface area contributed by atoms with Gasteiger partial charge in [0.05, 0.1) is 6.42 Å². The summed E-state index contributed by atoms with van der Waals surface area (Å²) in [6, 6.07) is 5.70. The lowest BCUT2D eigenvalue weighted by Gasteiger charge is -2.42. The molecule has 110 valence electrons. The van der Waals surface area contributed by atoms with Gasteiger partial charge in [-0.05, 0) is 50.2 Å². The Bertz CT molecular complexity index is 443. The predicted molar refractivity (Wildman–Crippen MR) is 79.6 cm³/mol. The van der Waals surface area contributed by atoms with Gasteiger partial charge in [-0.1, -0.05) is 19.9 Å². The highest BCUT2D eigenvalue weighted by Gasteiger charge is 2.44. The number of hydrogen-bond acceptors (Lipinski definition) is 3. The predicted octanol–water partition coefficient (Wildman–Crippen LogP) is 3.57. The Hall–Kier alpha value is -1.22. The maximum atomic E-state index is 12.7. The first-order valence-electron chi connectivity index (χ1n) is 7.55. The van der Waals surface area contributed by atoms with Crippen LogP contribution in [0.5, 0.6) is 0 Å². The molecule has 1 saturated carbocycles. The van der Waals surface area contributed by atoms with E-state index in [1.54, 1.807) is 6.20 Å². The number of hydrogen-bond donors (Lipinski definition) is 0. The van der Waals surface area contributed by atoms with E-state index in [4.69, 9.17) is 4.74 Å². The minimum absolute atomic E-state index is 0.188. The fourth-order valence-corrected chi connectivity index (χ4v) is 2.94. The molecule has 0 unspecified atom stereocenters. The minimum Gasteiger partial charge on any atom is -0.367 e. The average Bonchev–Trinajstić information content (AvgIpc) is 2.43. The molecule has 0 saturated heterocycles. The van der Waals surface area contributed by atoms with Crippen molar-refractivity contribution in [3.05, 3.63) is 30.1 Å². The van der Waals surface area contributed by atoms with Crippen molar-refractivity contribution in [1.29, 1.82) is 0 Å². The number of aromatic nitrogens is 1. The maximum Gasteiger partial charge on any atom is 0.170 e. The van der Waals surface area contributed by atoms with Gasteiger partial charge in [-0.2, -0.15) is 0 Å². The molecule has 3 nitrogen and oxygen atoms in total. The number of Topliss-reactive ketones (excluding diaryl/α,β-unsaturated/α-hetero) is 1. The fourth-order valence-electron chi connectivity index (χ4n) is 2.94. The molecule has 1 aromatic heterocycles. The first kappa shape index (κ1) is 15.2. The van der Waals surface area contributed by atoms with Crippen LogP contribution in [0.15, 0.2) is 24.4 Å². The molecule has 0 radical (unpaired) electrons. The number of ether oxygens (including phenoxy) is 1. The molecule has 1 aromatic rings. The fraction of sp³-hybridized carbons (Fsp3) is 0.647. The van der Waals surface area contributed by atoms with Gasteiger partial charge in [0.2, 0.25) is 0 Å². The van der Waals surface area contributed by atoms with Gasteiger partial charge in [0.15, 0.2) is 5.78 Å². The summed E-state index contributed by atoms with van der Waals surface area (Å²) in [6.45, 7) is 7.10. The third-order valence-electron chi connectivity index (χ3n) is 4.41. The molecule has 0 bridgehead atoms. The molecule has 20 heavy (non-hydrogen) atoms. The van der Waals surface area contributed by atoms with E-state index in [1.807, 2.05) is 25.1 Å². The Morgan fingerprint density at radius 1 is 1.25 bits per heavy atom. The first-order valence-corrected chi connectivity index (χ1v) is 7.55. The molecule has 0 amide bonds. The Morgan fingerprint density at radius 2 is 1.95 bits per heavy atom. The molecular formula is C17H25NO2. The summed E-state index contributed by atoms with van der Waals surface area (Å²) in [5.41, 5.74) is 0.578. The van der Waals surface area contributed by atoms with Crippen molar-refractivity contribution in [3.63, 3.8) is 0 Å². The number of rotatable bonds is 5. The van der Waals surface area contributed by atoms with Crippen molar-refractivity contribution in [2.45, 2.75) is 58.5 Å². The van der Waals surface area contributed by atoms with Crippen molar-refractivity contribution >= 4 is 5.78 Å². The van der Waals surface area contributed by atoms with E-state index in [0.717, 1.165) is 31.4 Å². The monoisotopic (exact) mass is 275 g/mol. The van der Waals surface area contributed by atoms with Gasteiger partial charge in [-0.15, -0.1) is 0 Å². The Balaban J connectivity index is 2.10. The largest absolute Gasteiger partial charge is 0.367 e. The molecule has 1 fully saturated rings. The summed E-state index contributed by atoms with van der Waals surface area (Å²) < 4.78 is 5.92. The summed E-state index contributed by atoms with van der Waals surface area (Å²) in [7, 11) is 0. The highest BCUT2D eigenvalue weighted by Crippen LogP contribution is 2.42. The Morgan fingerprint density at radius 3 is 2.50 bits per heavy atom. The third-order valence-corrected chi connectivity index (χ3v) is 4.41. The third kappa shape index (κ3) is 3.45. The molecule has 2 rings (SSSR count). The zero-order valence-corrected chi connectivity index (χ0v) is 12.8. The van der Waals surface area contributed by atoms with Crippen molar-refractivity contribution in [3.8, 4) is 0 Å². The lowest BCUT2D eigenvalue weighted by molar-refractivity contribution is -0.151. The van der Waals surface area contributed by atoms with Crippen LogP contribution in [0.25, 0.3) is 0 Å². The molecule has 1 aliphatic rings. The van der Waals surface area contributed by atoms with E-state index >= 15 is 0 Å². The average molecular weight is 275 g/mol. The van der Waals surface area contributed by atoms with Crippen molar-refractivity contribution in [1.82, 2.24) is 4.98 Å². The molecule has 1 aliphatic carbocycles. The van der Waals surface area contributed by atoms with Crippen molar-refractivity contribution in [2.75, 3.05) is 6.61 Å². The first-order chi connectivity index (χ1) is 9.47. The van der Waals surface area contributed by atoms with Crippen LogP contribution in [0, 0.1) is 5.41 Å². The van der Waals surface area contributed by atoms with Crippen LogP contribution in [0.3, 0.4) is 0 Å². The number of nitrogens with zero attached hydrogens (tertiary/aromatic N) is 1. The Labute approximate surface area is 121 Å². The van der Waals surface area contributed by atoms with E-state index in [0.29, 0.717) is 18.4 Å². The van der Waals surface area contributed by atoms with Crippen LogP contribution < -0.4 is 0 Å². The SMILES string of the molecule is CCOC1(C(=O)Cc2ccccn2)CCC(C)(C)CC1. The molecular weight excluding hydrogens is 250 g/mol. The second-order valence-electron chi connectivity index (χ2n) is 6.51. The molecule has 1 heterocycles. The summed E-state index contributed by atoms with van der Waals surface area (Å²) in [6.07, 6.45) is 5.86. The zero-order chi connectivity index (χ0) is 14.6. The molecule has 0 spiro atoms. The van der Waals surface area contributed by atoms with E-state index in [-0.39, 0.29) is 5.78 Å². The van der Waals surface area contributed by atoms with Gasteiger partial charge in [0.1, 0.15) is 5.60 Å². The highest BCUT2D eigenvalue weighted by molar-refractivity contribution is 5.89. The second kappa shape index (κ2) is 6.04. The van der Waals surface area contributed by atoms with Crippen LogP contribution >= 0.6 is 0 Å². The lowest BCUT2D eigenvalue weighted by atomic mass is 9.69. The normalized spacial score (nSPS) is 20.6. The number of pyridine rings is 1. The van der Waals surface area contributed by atoms with Crippen LogP contribution in [0.2, 0.25) is 0 Å². The summed E-state index contributed by atoms with van der Waals surface area (Å²) in [4.78, 5) is 17.0. The number of carbonyl (C=O) groups is 1. The van der Waals surface area contributed by atoms with Crippen molar-refractivity contribution < 1.29 is 9.53 Å². The number of carbonyl (C=O) groups excluding carboxylic acids is 1. The second-order valence-corrected chi connectivity index (χ2v) is 6.51.